The predicted octanol–water partition coefficient (Wildman–Crippen LogP) is 2.24. The Bertz CT molecular complexity index is 783. The fourth-order valence-corrected chi connectivity index (χ4v) is 2.73. The van der Waals surface area contributed by atoms with Crippen molar-refractivity contribution in [2.24, 2.45) is 0 Å². The summed E-state index contributed by atoms with van der Waals surface area (Å²) in [6, 6.07) is 9.57. The Morgan fingerprint density at radius 1 is 1.27 bits per heavy atom. The molecule has 26 heavy (non-hydrogen) atoms. The Kier molecular flexibility index (Phi) is 7.30. The molecule has 0 aliphatic carbocycles. The van der Waals surface area contributed by atoms with Gasteiger partial charge >= 0.3 is 0 Å². The van der Waals surface area contributed by atoms with Crippen LogP contribution in [-0.2, 0) is 9.53 Å². The lowest BCUT2D eigenvalue weighted by atomic mass is 10.0. The molecule has 1 aromatic heterocycles. The number of ether oxygens (including phenoxy) is 1. The largest absolute Gasteiger partial charge is 0.385 e. The van der Waals surface area contributed by atoms with E-state index < -0.39 is 5.92 Å². The van der Waals surface area contributed by atoms with Gasteiger partial charge in [0.1, 0.15) is 5.69 Å². The van der Waals surface area contributed by atoms with Gasteiger partial charge in [-0.2, -0.15) is 5.26 Å². The quantitative estimate of drug-likeness (QED) is 0.694. The number of carbonyl (C=O) groups is 1. The molecule has 0 fully saturated rings. The standard InChI is InChI=1S/C19H25N5O2/c1-4-24(5-2)18-17(22-15-9-6-7-10-16(15)23-18)14(13-20)19(25)21-11-8-12-26-3/h6-7,9-10,14H,4-5,8,11-12H2,1-3H3,(H,21,25)/t14-/m1/s1. The monoisotopic (exact) mass is 355 g/mol. The number of anilines is 1. The second kappa shape index (κ2) is 9.68. The van der Waals surface area contributed by atoms with Crippen molar-refractivity contribution in [2.45, 2.75) is 26.2 Å². The first-order valence-electron chi connectivity index (χ1n) is 8.84. The summed E-state index contributed by atoms with van der Waals surface area (Å²) >= 11 is 0. The zero-order valence-electron chi connectivity index (χ0n) is 15.5. The van der Waals surface area contributed by atoms with E-state index in [1.807, 2.05) is 43.0 Å². The second-order valence-electron chi connectivity index (χ2n) is 5.79. The van der Waals surface area contributed by atoms with Crippen molar-refractivity contribution >= 4 is 22.8 Å². The molecule has 1 aromatic carbocycles. The predicted molar refractivity (Wildman–Crippen MR) is 101 cm³/mol. The Labute approximate surface area is 154 Å². The van der Waals surface area contributed by atoms with Gasteiger partial charge in [-0.25, -0.2) is 9.97 Å². The Morgan fingerprint density at radius 3 is 2.50 bits per heavy atom. The maximum atomic E-state index is 12.6. The molecule has 138 valence electrons. The molecule has 1 atom stereocenters. The molecule has 0 spiro atoms. The number of rotatable bonds is 9. The van der Waals surface area contributed by atoms with Crippen LogP contribution in [0.2, 0.25) is 0 Å². The highest BCUT2D eigenvalue weighted by molar-refractivity contribution is 5.88. The van der Waals surface area contributed by atoms with Gasteiger partial charge in [0.2, 0.25) is 5.91 Å². The van der Waals surface area contributed by atoms with Gasteiger partial charge in [-0.1, -0.05) is 12.1 Å². The summed E-state index contributed by atoms with van der Waals surface area (Å²) in [5, 5.41) is 12.4. The molecule has 1 amide bonds. The number of aromatic nitrogens is 2. The molecular weight excluding hydrogens is 330 g/mol. The number of methoxy groups -OCH3 is 1. The Morgan fingerprint density at radius 2 is 1.92 bits per heavy atom. The average molecular weight is 355 g/mol. The number of para-hydroxylation sites is 2. The van der Waals surface area contributed by atoms with Gasteiger partial charge in [-0.3, -0.25) is 4.79 Å². The molecule has 0 bridgehead atoms. The van der Waals surface area contributed by atoms with Gasteiger partial charge in [-0.15, -0.1) is 0 Å². The molecular formula is C19H25N5O2. The number of nitrogens with zero attached hydrogens (tertiary/aromatic N) is 4. The van der Waals surface area contributed by atoms with E-state index in [9.17, 15) is 10.1 Å². The Balaban J connectivity index is 2.41. The molecule has 1 N–H and O–H groups in total. The van der Waals surface area contributed by atoms with Crippen molar-refractivity contribution in [3.63, 3.8) is 0 Å². The lowest BCUT2D eigenvalue weighted by Crippen LogP contribution is -2.33. The summed E-state index contributed by atoms with van der Waals surface area (Å²) in [5.74, 6) is -0.779. The molecule has 2 rings (SSSR count). The average Bonchev–Trinajstić information content (AvgIpc) is 2.67. The van der Waals surface area contributed by atoms with Crippen LogP contribution in [0.4, 0.5) is 5.82 Å². The maximum Gasteiger partial charge on any atom is 0.243 e. The molecule has 0 radical (unpaired) electrons. The van der Waals surface area contributed by atoms with Crippen LogP contribution in [0, 0.1) is 11.3 Å². The van der Waals surface area contributed by atoms with Gasteiger partial charge in [-0.05, 0) is 32.4 Å². The van der Waals surface area contributed by atoms with Gasteiger partial charge in [0.15, 0.2) is 11.7 Å². The minimum absolute atomic E-state index is 0.360. The Hall–Kier alpha value is -2.72. The van der Waals surface area contributed by atoms with E-state index in [0.717, 1.165) is 5.52 Å². The van der Waals surface area contributed by atoms with Crippen LogP contribution in [0.1, 0.15) is 31.9 Å². The van der Waals surface area contributed by atoms with E-state index >= 15 is 0 Å². The molecule has 0 unspecified atom stereocenters. The van der Waals surface area contributed by atoms with Crippen molar-refractivity contribution in [2.75, 3.05) is 38.3 Å². The van der Waals surface area contributed by atoms with Crippen molar-refractivity contribution in [1.82, 2.24) is 15.3 Å². The van der Waals surface area contributed by atoms with Crippen LogP contribution >= 0.6 is 0 Å². The first-order chi connectivity index (χ1) is 12.7. The van der Waals surface area contributed by atoms with E-state index in [0.29, 0.717) is 49.7 Å². The van der Waals surface area contributed by atoms with E-state index in [1.165, 1.54) is 0 Å². The number of nitrogens with one attached hydrogen (secondary N) is 1. The SMILES string of the molecule is CCN(CC)c1nc2ccccc2nc1[C@@H](C#N)C(=O)NCCCOC. The normalized spacial score (nSPS) is 11.8. The fourth-order valence-electron chi connectivity index (χ4n) is 2.73. The number of carbonyl (C=O) groups excluding carboxylic acids is 1. The van der Waals surface area contributed by atoms with Crippen LogP contribution in [-0.4, -0.2) is 49.2 Å². The minimum atomic E-state index is -1.01. The molecule has 0 aliphatic heterocycles. The summed E-state index contributed by atoms with van der Waals surface area (Å²) in [6.45, 7) is 6.45. The van der Waals surface area contributed by atoms with Gasteiger partial charge < -0.3 is 15.0 Å². The molecule has 0 saturated carbocycles. The third-order valence-electron chi connectivity index (χ3n) is 4.13. The molecule has 2 aromatic rings. The first kappa shape index (κ1) is 19.6. The molecule has 0 saturated heterocycles. The van der Waals surface area contributed by atoms with Crippen molar-refractivity contribution in [3.05, 3.63) is 30.0 Å². The van der Waals surface area contributed by atoms with Crippen molar-refractivity contribution in [3.8, 4) is 6.07 Å². The summed E-state index contributed by atoms with van der Waals surface area (Å²) in [6.07, 6.45) is 0.687. The van der Waals surface area contributed by atoms with E-state index in [1.54, 1.807) is 7.11 Å². The molecule has 7 heteroatoms. The number of hydrogen-bond donors (Lipinski definition) is 1. The summed E-state index contributed by atoms with van der Waals surface area (Å²) in [5.41, 5.74) is 1.82. The lowest BCUT2D eigenvalue weighted by molar-refractivity contribution is -0.121. The van der Waals surface area contributed by atoms with Gasteiger partial charge in [0.25, 0.3) is 0 Å². The topological polar surface area (TPSA) is 91.1 Å². The summed E-state index contributed by atoms with van der Waals surface area (Å²) < 4.78 is 4.98. The van der Waals surface area contributed by atoms with Crippen LogP contribution < -0.4 is 10.2 Å². The van der Waals surface area contributed by atoms with Crippen molar-refractivity contribution < 1.29 is 9.53 Å². The third kappa shape index (κ3) is 4.46. The van der Waals surface area contributed by atoms with Gasteiger partial charge in [0.05, 0.1) is 17.1 Å². The van der Waals surface area contributed by atoms with Crippen LogP contribution in [0.5, 0.6) is 0 Å². The zero-order chi connectivity index (χ0) is 18.9. The summed E-state index contributed by atoms with van der Waals surface area (Å²) in [4.78, 5) is 23.9. The molecule has 1 heterocycles. The maximum absolute atomic E-state index is 12.6. The van der Waals surface area contributed by atoms with E-state index in [-0.39, 0.29) is 5.91 Å². The van der Waals surface area contributed by atoms with E-state index in [2.05, 4.69) is 16.4 Å². The molecule has 7 nitrogen and oxygen atoms in total. The minimum Gasteiger partial charge on any atom is -0.385 e. The number of nitriles is 1. The second-order valence-corrected chi connectivity index (χ2v) is 5.79. The van der Waals surface area contributed by atoms with Crippen molar-refractivity contribution in [1.29, 1.82) is 5.26 Å². The number of amides is 1. The van der Waals surface area contributed by atoms with E-state index in [4.69, 9.17) is 9.72 Å². The highest BCUT2D eigenvalue weighted by atomic mass is 16.5. The highest BCUT2D eigenvalue weighted by Crippen LogP contribution is 2.27. The fraction of sp³-hybridized carbons (Fsp3) is 0.474. The van der Waals surface area contributed by atoms with Gasteiger partial charge in [0, 0.05) is 33.4 Å². The number of fused-ring (bicyclic) bond motifs is 1. The lowest BCUT2D eigenvalue weighted by Gasteiger charge is -2.24. The van der Waals surface area contributed by atoms with Crippen LogP contribution in [0.3, 0.4) is 0 Å². The zero-order valence-corrected chi connectivity index (χ0v) is 15.5. The van der Waals surface area contributed by atoms with Crippen LogP contribution in [0.15, 0.2) is 24.3 Å². The number of benzene rings is 1. The number of hydrogen-bond acceptors (Lipinski definition) is 6. The highest BCUT2D eigenvalue weighted by Gasteiger charge is 2.27. The first-order valence-corrected chi connectivity index (χ1v) is 8.84. The third-order valence-corrected chi connectivity index (χ3v) is 4.13. The van der Waals surface area contributed by atoms with Crippen LogP contribution in [0.25, 0.3) is 11.0 Å². The molecule has 0 aliphatic rings. The smallest absolute Gasteiger partial charge is 0.243 e. The summed E-state index contributed by atoms with van der Waals surface area (Å²) in [7, 11) is 1.61.